The summed E-state index contributed by atoms with van der Waals surface area (Å²) < 4.78 is 6.06. The maximum Gasteiger partial charge on any atom is 0.356 e. The van der Waals surface area contributed by atoms with Crippen molar-refractivity contribution < 1.29 is 14.3 Å². The van der Waals surface area contributed by atoms with Crippen LogP contribution in [0.15, 0.2) is 0 Å². The van der Waals surface area contributed by atoms with E-state index in [1.54, 1.807) is 0 Å². The van der Waals surface area contributed by atoms with Crippen LogP contribution in [-0.4, -0.2) is 36.2 Å². The van der Waals surface area contributed by atoms with Gasteiger partial charge in [-0.15, -0.1) is 0 Å². The summed E-state index contributed by atoms with van der Waals surface area (Å²) in [5, 5.41) is 15.7. The van der Waals surface area contributed by atoms with Gasteiger partial charge in [0.1, 0.15) is 0 Å². The van der Waals surface area contributed by atoms with Crippen molar-refractivity contribution in [1.82, 2.24) is 10.2 Å². The van der Waals surface area contributed by atoms with Crippen molar-refractivity contribution in [2.75, 3.05) is 6.61 Å². The van der Waals surface area contributed by atoms with Gasteiger partial charge in [0.05, 0.1) is 0 Å². The first-order valence-corrected chi connectivity index (χ1v) is 9.38. The number of carbonyl (C=O) groups is 1. The third kappa shape index (κ3) is 3.67. The minimum atomic E-state index is -1.78. The average molecular weight is 284 g/mol. The molecule has 0 radical (unpaired) electrons. The van der Waals surface area contributed by atoms with E-state index in [1.165, 1.54) is 0 Å². The van der Waals surface area contributed by atoms with Gasteiger partial charge in [0.15, 0.2) is 14.0 Å². The zero-order valence-corrected chi connectivity index (χ0v) is 13.6. The number of carboxylic acids is 1. The molecule has 0 bridgehead atoms. The van der Waals surface area contributed by atoms with Gasteiger partial charge in [-0.1, -0.05) is 20.8 Å². The molecule has 19 heavy (non-hydrogen) atoms. The number of aromatic carboxylic acids is 1. The average Bonchev–Trinajstić information content (AvgIpc) is 2.58. The van der Waals surface area contributed by atoms with E-state index in [2.05, 4.69) is 44.1 Å². The molecule has 6 heteroatoms. The van der Waals surface area contributed by atoms with Gasteiger partial charge in [-0.2, -0.15) is 5.10 Å². The number of nitrogens with zero attached hydrogens (tertiary/aromatic N) is 1. The monoisotopic (exact) mass is 284 g/mol. The Hall–Kier alpha value is -1.14. The van der Waals surface area contributed by atoms with Gasteiger partial charge < -0.3 is 9.53 Å². The molecule has 1 aromatic rings. The van der Waals surface area contributed by atoms with Crippen LogP contribution < -0.4 is 0 Å². The Balaban J connectivity index is 2.69. The molecule has 0 atom stereocenters. The molecule has 0 amide bonds. The maximum absolute atomic E-state index is 11.0. The smallest absolute Gasteiger partial charge is 0.356 e. The minimum Gasteiger partial charge on any atom is -0.476 e. The van der Waals surface area contributed by atoms with E-state index in [9.17, 15) is 4.79 Å². The van der Waals surface area contributed by atoms with Gasteiger partial charge in [0.2, 0.25) is 0 Å². The van der Waals surface area contributed by atoms with Crippen LogP contribution in [0.4, 0.5) is 0 Å². The zero-order chi connectivity index (χ0) is 14.8. The fourth-order valence-corrected chi connectivity index (χ4v) is 2.61. The Bertz CT molecular complexity index is 461. The Labute approximate surface area is 115 Å². The summed E-state index contributed by atoms with van der Waals surface area (Å²) >= 11 is 0. The lowest BCUT2D eigenvalue weighted by Crippen LogP contribution is -2.41. The number of carboxylic acid groups (broad SMARTS) is 1. The second kappa shape index (κ2) is 5.46. The minimum absolute atomic E-state index is 0.108. The Morgan fingerprint density at radius 2 is 2.00 bits per heavy atom. The molecule has 0 spiro atoms. The third-order valence-electron chi connectivity index (χ3n) is 3.90. The van der Waals surface area contributed by atoms with Crippen molar-refractivity contribution in [2.24, 2.45) is 0 Å². The first-order valence-electron chi connectivity index (χ1n) is 6.47. The Morgan fingerprint density at radius 1 is 1.42 bits per heavy atom. The molecular formula is C13H24N2O3Si. The molecule has 0 aliphatic carbocycles. The predicted octanol–water partition coefficient (Wildman–Crippen LogP) is 2.98. The summed E-state index contributed by atoms with van der Waals surface area (Å²) in [5.74, 6) is -0.994. The van der Waals surface area contributed by atoms with Crippen molar-refractivity contribution in [3.8, 4) is 0 Å². The SMILES string of the molecule is Cc1[nH]nc(C(=O)O)c1CCO[Si](C)(C)C(C)(C)C. The topological polar surface area (TPSA) is 75.2 Å². The molecule has 0 fully saturated rings. The molecule has 1 aromatic heterocycles. The highest BCUT2D eigenvalue weighted by atomic mass is 28.4. The molecule has 0 aliphatic rings. The van der Waals surface area contributed by atoms with Crippen molar-refractivity contribution in [1.29, 1.82) is 0 Å². The summed E-state index contributed by atoms with van der Waals surface area (Å²) in [6, 6.07) is 0. The fraction of sp³-hybridized carbons (Fsp3) is 0.692. The van der Waals surface area contributed by atoms with Gasteiger partial charge in [-0.3, -0.25) is 5.10 Å². The number of H-pyrrole nitrogens is 1. The van der Waals surface area contributed by atoms with E-state index in [0.717, 1.165) is 11.3 Å². The number of aromatic nitrogens is 2. The number of aromatic amines is 1. The molecule has 0 aromatic carbocycles. The molecule has 5 nitrogen and oxygen atoms in total. The maximum atomic E-state index is 11.0. The number of hydrogen-bond donors (Lipinski definition) is 2. The molecule has 0 saturated heterocycles. The first kappa shape index (κ1) is 15.9. The summed E-state index contributed by atoms with van der Waals surface area (Å²) in [7, 11) is -1.78. The van der Waals surface area contributed by atoms with E-state index < -0.39 is 14.3 Å². The third-order valence-corrected chi connectivity index (χ3v) is 8.44. The second-order valence-corrected chi connectivity index (χ2v) is 11.1. The predicted molar refractivity (Wildman–Crippen MR) is 77.1 cm³/mol. The highest BCUT2D eigenvalue weighted by Gasteiger charge is 2.37. The van der Waals surface area contributed by atoms with Crippen molar-refractivity contribution in [2.45, 2.75) is 52.2 Å². The van der Waals surface area contributed by atoms with Gasteiger partial charge in [0.25, 0.3) is 0 Å². The van der Waals surface area contributed by atoms with Crippen LogP contribution in [0.3, 0.4) is 0 Å². The van der Waals surface area contributed by atoms with E-state index in [0.29, 0.717) is 13.0 Å². The van der Waals surface area contributed by atoms with Crippen LogP contribution in [0.5, 0.6) is 0 Å². The quantitative estimate of drug-likeness (QED) is 0.815. The summed E-state index contributed by atoms with van der Waals surface area (Å²) in [5.41, 5.74) is 1.65. The highest BCUT2D eigenvalue weighted by molar-refractivity contribution is 6.74. The molecule has 0 aliphatic heterocycles. The van der Waals surface area contributed by atoms with Gasteiger partial charge in [-0.25, -0.2) is 4.79 Å². The van der Waals surface area contributed by atoms with Crippen LogP contribution in [0.2, 0.25) is 18.1 Å². The second-order valence-electron chi connectivity index (χ2n) is 6.34. The van der Waals surface area contributed by atoms with Gasteiger partial charge >= 0.3 is 5.97 Å². The summed E-state index contributed by atoms with van der Waals surface area (Å²) in [6.45, 7) is 13.3. The molecular weight excluding hydrogens is 260 g/mol. The van der Waals surface area contributed by atoms with E-state index in [4.69, 9.17) is 9.53 Å². The fourth-order valence-electron chi connectivity index (χ4n) is 1.56. The summed E-state index contributed by atoms with van der Waals surface area (Å²) in [6.07, 6.45) is 0.580. The lowest BCUT2D eigenvalue weighted by molar-refractivity contribution is 0.0689. The number of nitrogens with one attached hydrogen (secondary N) is 1. The molecule has 1 rings (SSSR count). The Kier molecular flexibility index (Phi) is 4.57. The van der Waals surface area contributed by atoms with Gasteiger partial charge in [-0.05, 0) is 31.5 Å². The molecule has 2 N–H and O–H groups in total. The van der Waals surface area contributed by atoms with E-state index >= 15 is 0 Å². The number of hydrogen-bond acceptors (Lipinski definition) is 3. The number of aryl methyl sites for hydroxylation is 1. The number of rotatable bonds is 5. The van der Waals surface area contributed by atoms with Gasteiger partial charge in [0, 0.05) is 17.9 Å². The molecule has 0 saturated carbocycles. The molecule has 0 unspecified atom stereocenters. The van der Waals surface area contributed by atoms with E-state index in [-0.39, 0.29) is 10.7 Å². The first-order chi connectivity index (χ1) is 8.56. The Morgan fingerprint density at radius 3 is 2.47 bits per heavy atom. The lowest BCUT2D eigenvalue weighted by atomic mass is 10.1. The largest absolute Gasteiger partial charge is 0.476 e. The molecule has 108 valence electrons. The van der Waals surface area contributed by atoms with Crippen LogP contribution in [-0.2, 0) is 10.8 Å². The van der Waals surface area contributed by atoms with Crippen LogP contribution in [0.1, 0.15) is 42.5 Å². The van der Waals surface area contributed by atoms with E-state index in [1.807, 2.05) is 6.92 Å². The van der Waals surface area contributed by atoms with Crippen molar-refractivity contribution in [3.05, 3.63) is 17.0 Å². The normalized spacial score (nSPS) is 12.7. The highest BCUT2D eigenvalue weighted by Crippen LogP contribution is 2.36. The molecule has 1 heterocycles. The van der Waals surface area contributed by atoms with Crippen LogP contribution in [0, 0.1) is 6.92 Å². The standard InChI is InChI=1S/C13H24N2O3Si/c1-9-10(11(12(16)17)15-14-9)7-8-18-19(5,6)13(2,3)4/h7-8H2,1-6H3,(H,14,15)(H,16,17). The van der Waals surface area contributed by atoms with Crippen molar-refractivity contribution >= 4 is 14.3 Å². The van der Waals surface area contributed by atoms with Crippen molar-refractivity contribution in [3.63, 3.8) is 0 Å². The summed E-state index contributed by atoms with van der Waals surface area (Å²) in [4.78, 5) is 11.0. The van der Waals surface area contributed by atoms with Crippen LogP contribution in [0.25, 0.3) is 0 Å². The zero-order valence-electron chi connectivity index (χ0n) is 12.6. The van der Waals surface area contributed by atoms with Crippen LogP contribution >= 0.6 is 0 Å². The lowest BCUT2D eigenvalue weighted by Gasteiger charge is -2.36.